The molecular formula is C11H19N3O2S. The van der Waals surface area contributed by atoms with Crippen molar-refractivity contribution in [1.82, 2.24) is 9.55 Å². The van der Waals surface area contributed by atoms with Crippen molar-refractivity contribution in [1.29, 1.82) is 0 Å². The normalized spacial score (nSPS) is 12.7. The van der Waals surface area contributed by atoms with Crippen LogP contribution in [0.15, 0.2) is 17.2 Å². The van der Waals surface area contributed by atoms with Crippen molar-refractivity contribution in [3.8, 4) is 0 Å². The molecule has 1 atom stereocenters. The molecule has 5 nitrogen and oxygen atoms in total. The summed E-state index contributed by atoms with van der Waals surface area (Å²) < 4.78 is 12.8. The quantitative estimate of drug-likeness (QED) is 0.826. The largest absolute Gasteiger partial charge is 0.365 e. The third-order valence-corrected chi connectivity index (χ3v) is 3.67. The molecule has 1 rings (SSSR count). The molecule has 0 spiro atoms. The molecule has 0 bridgehead atoms. The Hall–Kier alpha value is -1.17. The minimum absolute atomic E-state index is 0.107. The molecule has 0 saturated carbocycles. The molecule has 6 heteroatoms. The average molecular weight is 257 g/mol. The monoisotopic (exact) mass is 257 g/mol. The molecule has 0 saturated heterocycles. The summed E-state index contributed by atoms with van der Waals surface area (Å²) in [6, 6.07) is 0.107. The zero-order chi connectivity index (χ0) is 12.8. The summed E-state index contributed by atoms with van der Waals surface area (Å²) in [6.45, 7) is 6.27. The van der Waals surface area contributed by atoms with E-state index >= 15 is 0 Å². The summed E-state index contributed by atoms with van der Waals surface area (Å²) in [7, 11) is -0.821. The van der Waals surface area contributed by atoms with Crippen LogP contribution in [0.5, 0.6) is 0 Å². The van der Waals surface area contributed by atoms with Gasteiger partial charge in [0.05, 0.1) is 0 Å². The molecule has 0 aliphatic carbocycles. The number of nitrogens with zero attached hydrogens (tertiary/aromatic N) is 2. The van der Waals surface area contributed by atoms with Crippen LogP contribution in [0.25, 0.3) is 0 Å². The first-order valence-corrected chi connectivity index (χ1v) is 7.21. The minimum atomic E-state index is -0.821. The molecule has 96 valence electrons. The number of hydrogen-bond donors (Lipinski definition) is 1. The maximum absolute atomic E-state index is 11.9. The van der Waals surface area contributed by atoms with Crippen molar-refractivity contribution >= 4 is 16.6 Å². The van der Waals surface area contributed by atoms with Crippen LogP contribution in [0.3, 0.4) is 0 Å². The van der Waals surface area contributed by atoms with Crippen LogP contribution in [0, 0.1) is 0 Å². The third kappa shape index (κ3) is 3.96. The van der Waals surface area contributed by atoms with E-state index in [1.54, 1.807) is 17.0 Å². The SMILES string of the molecule is CCS(=O)CCNc1nccn(C(C)C)c1=O. The Bertz CT molecular complexity index is 443. The van der Waals surface area contributed by atoms with Gasteiger partial charge in [0.1, 0.15) is 0 Å². The number of anilines is 1. The lowest BCUT2D eigenvalue weighted by Gasteiger charge is -2.11. The molecule has 0 amide bonds. The fourth-order valence-electron chi connectivity index (χ4n) is 1.38. The number of hydrogen-bond acceptors (Lipinski definition) is 4. The molecule has 1 unspecified atom stereocenters. The van der Waals surface area contributed by atoms with Crippen molar-refractivity contribution in [3.05, 3.63) is 22.7 Å². The predicted molar refractivity (Wildman–Crippen MR) is 70.9 cm³/mol. The summed E-state index contributed by atoms with van der Waals surface area (Å²) in [5.74, 6) is 1.50. The lowest BCUT2D eigenvalue weighted by Crippen LogP contribution is -2.27. The highest BCUT2D eigenvalue weighted by Gasteiger charge is 2.06. The lowest BCUT2D eigenvalue weighted by atomic mass is 10.4. The zero-order valence-electron chi connectivity index (χ0n) is 10.5. The number of nitrogens with one attached hydrogen (secondary N) is 1. The van der Waals surface area contributed by atoms with E-state index in [2.05, 4.69) is 10.3 Å². The molecule has 0 radical (unpaired) electrons. The van der Waals surface area contributed by atoms with Gasteiger partial charge >= 0.3 is 0 Å². The Morgan fingerprint density at radius 2 is 2.24 bits per heavy atom. The van der Waals surface area contributed by atoms with Crippen molar-refractivity contribution < 1.29 is 4.21 Å². The zero-order valence-corrected chi connectivity index (χ0v) is 11.3. The van der Waals surface area contributed by atoms with E-state index in [-0.39, 0.29) is 11.6 Å². The highest BCUT2D eigenvalue weighted by atomic mass is 32.2. The van der Waals surface area contributed by atoms with Gasteiger partial charge in [-0.25, -0.2) is 4.98 Å². The molecule has 0 fully saturated rings. The standard InChI is InChI=1S/C11H19N3O2S/c1-4-17(16)8-6-13-10-11(15)14(9(2)3)7-5-12-10/h5,7,9H,4,6,8H2,1-3H3,(H,12,13). The summed E-state index contributed by atoms with van der Waals surface area (Å²) >= 11 is 0. The van der Waals surface area contributed by atoms with Gasteiger partial charge in [0.2, 0.25) is 0 Å². The van der Waals surface area contributed by atoms with Crippen molar-refractivity contribution in [2.75, 3.05) is 23.4 Å². The fourth-order valence-corrected chi connectivity index (χ4v) is 2.00. The van der Waals surface area contributed by atoms with Crippen LogP contribution < -0.4 is 10.9 Å². The van der Waals surface area contributed by atoms with Gasteiger partial charge in [-0.2, -0.15) is 0 Å². The van der Waals surface area contributed by atoms with E-state index in [4.69, 9.17) is 0 Å². The number of aromatic nitrogens is 2. The molecule has 0 aliphatic rings. The Labute approximate surface area is 104 Å². The first-order valence-electron chi connectivity index (χ1n) is 5.72. The topological polar surface area (TPSA) is 64.0 Å². The summed E-state index contributed by atoms with van der Waals surface area (Å²) in [5, 5.41) is 2.94. The van der Waals surface area contributed by atoms with Gasteiger partial charge in [0.25, 0.3) is 5.56 Å². The fraction of sp³-hybridized carbons (Fsp3) is 0.636. The maximum Gasteiger partial charge on any atom is 0.293 e. The van der Waals surface area contributed by atoms with E-state index in [1.165, 1.54) is 0 Å². The first-order chi connectivity index (χ1) is 8.06. The van der Waals surface area contributed by atoms with Crippen LogP contribution >= 0.6 is 0 Å². The van der Waals surface area contributed by atoms with Gasteiger partial charge in [-0.05, 0) is 13.8 Å². The van der Waals surface area contributed by atoms with Crippen LogP contribution in [-0.4, -0.2) is 31.8 Å². The van der Waals surface area contributed by atoms with E-state index in [1.807, 2.05) is 20.8 Å². The third-order valence-electron chi connectivity index (χ3n) is 2.37. The van der Waals surface area contributed by atoms with Crippen LogP contribution in [0.1, 0.15) is 26.8 Å². The average Bonchev–Trinajstić information content (AvgIpc) is 2.30. The lowest BCUT2D eigenvalue weighted by molar-refractivity contribution is 0.575. The van der Waals surface area contributed by atoms with Gasteiger partial charge in [-0.15, -0.1) is 0 Å². The van der Waals surface area contributed by atoms with Crippen molar-refractivity contribution in [3.63, 3.8) is 0 Å². The minimum Gasteiger partial charge on any atom is -0.365 e. The second-order valence-electron chi connectivity index (χ2n) is 3.94. The summed E-state index contributed by atoms with van der Waals surface area (Å²) in [4.78, 5) is 15.9. The molecule has 1 heterocycles. The highest BCUT2D eigenvalue weighted by Crippen LogP contribution is 2.01. The molecule has 0 aromatic carbocycles. The van der Waals surface area contributed by atoms with E-state index in [9.17, 15) is 9.00 Å². The van der Waals surface area contributed by atoms with Gasteiger partial charge < -0.3 is 9.88 Å². The summed E-state index contributed by atoms with van der Waals surface area (Å²) in [5.41, 5.74) is -0.134. The Morgan fingerprint density at radius 3 is 2.82 bits per heavy atom. The number of rotatable bonds is 6. The van der Waals surface area contributed by atoms with Gasteiger partial charge in [0, 0.05) is 47.3 Å². The molecular weight excluding hydrogens is 238 g/mol. The van der Waals surface area contributed by atoms with E-state index in [0.717, 1.165) is 0 Å². The van der Waals surface area contributed by atoms with E-state index < -0.39 is 10.8 Å². The molecule has 1 aromatic rings. The highest BCUT2D eigenvalue weighted by molar-refractivity contribution is 7.84. The molecule has 1 aromatic heterocycles. The van der Waals surface area contributed by atoms with Crippen molar-refractivity contribution in [2.24, 2.45) is 0 Å². The predicted octanol–water partition coefficient (Wildman–Crippen LogP) is 1.00. The maximum atomic E-state index is 11.9. The van der Waals surface area contributed by atoms with Crippen LogP contribution in [0.4, 0.5) is 5.82 Å². The summed E-state index contributed by atoms with van der Waals surface area (Å²) in [6.07, 6.45) is 3.27. The second-order valence-corrected chi connectivity index (χ2v) is 5.81. The Morgan fingerprint density at radius 1 is 1.53 bits per heavy atom. The smallest absolute Gasteiger partial charge is 0.293 e. The first kappa shape index (κ1) is 13.9. The Kier molecular flexibility index (Phi) is 5.34. The Balaban J connectivity index is 2.69. The van der Waals surface area contributed by atoms with E-state index in [0.29, 0.717) is 23.9 Å². The van der Waals surface area contributed by atoms with Crippen LogP contribution in [-0.2, 0) is 10.8 Å². The van der Waals surface area contributed by atoms with Crippen LogP contribution in [0.2, 0.25) is 0 Å². The van der Waals surface area contributed by atoms with Gasteiger partial charge in [0.15, 0.2) is 5.82 Å². The van der Waals surface area contributed by atoms with Crippen molar-refractivity contribution in [2.45, 2.75) is 26.8 Å². The van der Waals surface area contributed by atoms with Gasteiger partial charge in [-0.1, -0.05) is 6.92 Å². The second kappa shape index (κ2) is 6.54. The van der Waals surface area contributed by atoms with Gasteiger partial charge in [-0.3, -0.25) is 9.00 Å². The molecule has 1 N–H and O–H groups in total. The molecule has 0 aliphatic heterocycles. The molecule has 17 heavy (non-hydrogen) atoms.